The van der Waals surface area contributed by atoms with Crippen LogP contribution in [-0.4, -0.2) is 17.0 Å². The summed E-state index contributed by atoms with van der Waals surface area (Å²) in [6.07, 6.45) is 5.71. The second-order valence-electron chi connectivity index (χ2n) is 9.08. The van der Waals surface area contributed by atoms with Gasteiger partial charge in [-0.25, -0.2) is 4.39 Å². The van der Waals surface area contributed by atoms with Crippen LogP contribution in [0.25, 0.3) is 10.9 Å². The highest BCUT2D eigenvalue weighted by molar-refractivity contribution is 5.86. The Hall–Kier alpha value is -3.40. The fourth-order valence-corrected chi connectivity index (χ4v) is 4.54. The van der Waals surface area contributed by atoms with E-state index in [4.69, 9.17) is 0 Å². The lowest BCUT2D eigenvalue weighted by molar-refractivity contribution is -0.121. The molecular formula is C30H33FN2O. The number of carbonyl (C=O) groups is 1. The van der Waals surface area contributed by atoms with Crippen molar-refractivity contribution in [2.45, 2.75) is 52.0 Å². The molecule has 3 nitrogen and oxygen atoms in total. The summed E-state index contributed by atoms with van der Waals surface area (Å²) in [7, 11) is 0. The molecule has 0 bridgehead atoms. The van der Waals surface area contributed by atoms with Crippen LogP contribution in [0.5, 0.6) is 0 Å². The van der Waals surface area contributed by atoms with Crippen molar-refractivity contribution in [1.82, 2.24) is 9.88 Å². The molecule has 0 saturated carbocycles. The lowest BCUT2D eigenvalue weighted by Crippen LogP contribution is -2.26. The van der Waals surface area contributed by atoms with Gasteiger partial charge in [-0.2, -0.15) is 0 Å². The molecule has 0 saturated heterocycles. The van der Waals surface area contributed by atoms with Crippen LogP contribution in [0, 0.1) is 12.7 Å². The molecule has 0 radical (unpaired) electrons. The normalized spacial score (nSPS) is 12.1. The number of unbranched alkanes of at least 4 members (excludes halogenated alkanes) is 2. The maximum absolute atomic E-state index is 13.7. The third-order valence-corrected chi connectivity index (χ3v) is 6.43. The molecule has 176 valence electrons. The van der Waals surface area contributed by atoms with Gasteiger partial charge in [0, 0.05) is 42.5 Å². The second kappa shape index (κ2) is 11.1. The summed E-state index contributed by atoms with van der Waals surface area (Å²) in [5, 5.41) is 4.21. The first-order valence-electron chi connectivity index (χ1n) is 12.2. The van der Waals surface area contributed by atoms with Crippen molar-refractivity contribution in [3.63, 3.8) is 0 Å². The standard InChI is InChI=1S/C30H33FN2O/c1-3-4-7-18-32-30(34)19-27(24-14-16-25(31)17-15-24)28-21-33(29-9-6-5-8-26(28)29)20-23-12-10-22(2)11-13-23/h5-6,8-17,21,27H,3-4,7,18-20H2,1-2H3,(H,32,34)/t27-/m1/s1. The van der Waals surface area contributed by atoms with Crippen molar-refractivity contribution in [3.8, 4) is 0 Å². The van der Waals surface area contributed by atoms with Crippen molar-refractivity contribution in [3.05, 3.63) is 107 Å². The van der Waals surface area contributed by atoms with Crippen molar-refractivity contribution in [2.24, 2.45) is 0 Å². The Kier molecular flexibility index (Phi) is 7.79. The van der Waals surface area contributed by atoms with Gasteiger partial charge in [0.15, 0.2) is 0 Å². The molecule has 1 aromatic heterocycles. The van der Waals surface area contributed by atoms with E-state index in [9.17, 15) is 9.18 Å². The third-order valence-electron chi connectivity index (χ3n) is 6.43. The van der Waals surface area contributed by atoms with Gasteiger partial charge >= 0.3 is 0 Å². The van der Waals surface area contributed by atoms with Crippen LogP contribution >= 0.6 is 0 Å². The Balaban J connectivity index is 1.69. The Bertz CT molecular complexity index is 1230. The predicted molar refractivity (Wildman–Crippen MR) is 138 cm³/mol. The SMILES string of the molecule is CCCCCNC(=O)C[C@H](c1ccc(F)cc1)c1cn(Cc2ccc(C)cc2)c2ccccc12. The minimum absolute atomic E-state index is 0.0285. The maximum atomic E-state index is 13.7. The van der Waals surface area contributed by atoms with Crippen molar-refractivity contribution >= 4 is 16.8 Å². The van der Waals surface area contributed by atoms with Crippen LogP contribution in [0.3, 0.4) is 0 Å². The number of aryl methyl sites for hydroxylation is 1. The minimum Gasteiger partial charge on any atom is -0.356 e. The number of fused-ring (bicyclic) bond motifs is 1. The molecule has 4 heteroatoms. The molecule has 1 amide bonds. The van der Waals surface area contributed by atoms with Crippen molar-refractivity contribution in [2.75, 3.05) is 6.54 Å². The molecule has 0 spiro atoms. The molecule has 1 atom stereocenters. The highest BCUT2D eigenvalue weighted by Gasteiger charge is 2.23. The molecule has 4 aromatic rings. The van der Waals surface area contributed by atoms with E-state index in [0.717, 1.165) is 47.8 Å². The largest absolute Gasteiger partial charge is 0.356 e. The first kappa shape index (κ1) is 23.7. The van der Waals surface area contributed by atoms with E-state index in [1.807, 2.05) is 12.1 Å². The Morgan fingerprint density at radius 2 is 1.71 bits per heavy atom. The third kappa shape index (κ3) is 5.74. The first-order chi connectivity index (χ1) is 16.5. The summed E-state index contributed by atoms with van der Waals surface area (Å²) in [4.78, 5) is 12.9. The lowest BCUT2D eigenvalue weighted by Gasteiger charge is -2.17. The summed E-state index contributed by atoms with van der Waals surface area (Å²) in [6, 6.07) is 23.5. The first-order valence-corrected chi connectivity index (χ1v) is 12.2. The summed E-state index contributed by atoms with van der Waals surface area (Å²) < 4.78 is 16.0. The number of rotatable bonds is 10. The van der Waals surface area contributed by atoms with Crippen LogP contribution in [-0.2, 0) is 11.3 Å². The van der Waals surface area contributed by atoms with Gasteiger partial charge in [-0.3, -0.25) is 4.79 Å². The number of nitrogens with one attached hydrogen (secondary N) is 1. The molecule has 0 unspecified atom stereocenters. The number of carbonyl (C=O) groups excluding carboxylic acids is 1. The number of amides is 1. The van der Waals surface area contributed by atoms with Gasteiger partial charge < -0.3 is 9.88 Å². The summed E-state index contributed by atoms with van der Waals surface area (Å²) in [5.41, 5.74) is 5.64. The molecule has 0 fully saturated rings. The highest BCUT2D eigenvalue weighted by Crippen LogP contribution is 2.35. The van der Waals surface area contributed by atoms with Gasteiger partial charge in [0.1, 0.15) is 5.82 Å². The van der Waals surface area contributed by atoms with Gasteiger partial charge in [0.25, 0.3) is 0 Å². The molecule has 0 aliphatic carbocycles. The number of benzene rings is 3. The lowest BCUT2D eigenvalue weighted by atomic mass is 9.88. The van der Waals surface area contributed by atoms with Gasteiger partial charge in [-0.05, 0) is 48.2 Å². The number of nitrogens with zero attached hydrogens (tertiary/aromatic N) is 1. The number of para-hydroxylation sites is 1. The number of halogens is 1. The quantitative estimate of drug-likeness (QED) is 0.257. The van der Waals surface area contributed by atoms with E-state index in [1.54, 1.807) is 12.1 Å². The fraction of sp³-hybridized carbons (Fsp3) is 0.300. The number of hydrogen-bond donors (Lipinski definition) is 1. The zero-order valence-corrected chi connectivity index (χ0v) is 20.1. The van der Waals surface area contributed by atoms with Gasteiger partial charge in [0.2, 0.25) is 5.91 Å². The fourth-order valence-electron chi connectivity index (χ4n) is 4.54. The number of hydrogen-bond acceptors (Lipinski definition) is 1. The van der Waals surface area contributed by atoms with Gasteiger partial charge in [-0.15, -0.1) is 0 Å². The van der Waals surface area contributed by atoms with Crippen LogP contribution in [0.1, 0.15) is 60.8 Å². The Labute approximate surface area is 201 Å². The van der Waals surface area contributed by atoms with Crippen LogP contribution in [0.4, 0.5) is 4.39 Å². The van der Waals surface area contributed by atoms with E-state index in [2.05, 4.69) is 66.3 Å². The van der Waals surface area contributed by atoms with Crippen LogP contribution < -0.4 is 5.32 Å². The smallest absolute Gasteiger partial charge is 0.220 e. The van der Waals surface area contributed by atoms with Crippen molar-refractivity contribution < 1.29 is 9.18 Å². The Morgan fingerprint density at radius 3 is 2.44 bits per heavy atom. The molecular weight excluding hydrogens is 423 g/mol. The molecule has 4 rings (SSSR count). The second-order valence-corrected chi connectivity index (χ2v) is 9.08. The topological polar surface area (TPSA) is 34.0 Å². The zero-order valence-electron chi connectivity index (χ0n) is 20.1. The average Bonchev–Trinajstić information content (AvgIpc) is 3.20. The molecule has 3 aromatic carbocycles. The summed E-state index contributed by atoms with van der Waals surface area (Å²) >= 11 is 0. The van der Waals surface area contributed by atoms with E-state index >= 15 is 0 Å². The van der Waals surface area contributed by atoms with E-state index in [1.165, 1.54) is 23.3 Å². The maximum Gasteiger partial charge on any atom is 0.220 e. The van der Waals surface area contributed by atoms with Crippen LogP contribution in [0.15, 0.2) is 79.0 Å². The Morgan fingerprint density at radius 1 is 0.971 bits per heavy atom. The van der Waals surface area contributed by atoms with Crippen LogP contribution in [0.2, 0.25) is 0 Å². The van der Waals surface area contributed by atoms with Crippen molar-refractivity contribution in [1.29, 1.82) is 0 Å². The molecule has 34 heavy (non-hydrogen) atoms. The number of aromatic nitrogens is 1. The van der Waals surface area contributed by atoms with Gasteiger partial charge in [0.05, 0.1) is 0 Å². The minimum atomic E-state index is -0.270. The molecule has 1 heterocycles. The predicted octanol–water partition coefficient (Wildman–Crippen LogP) is 6.97. The summed E-state index contributed by atoms with van der Waals surface area (Å²) in [6.45, 7) is 5.68. The van der Waals surface area contributed by atoms with Gasteiger partial charge in [-0.1, -0.05) is 79.9 Å². The molecule has 0 aliphatic rings. The molecule has 0 aliphatic heterocycles. The molecule has 1 N–H and O–H groups in total. The van der Waals surface area contributed by atoms with E-state index in [0.29, 0.717) is 13.0 Å². The van der Waals surface area contributed by atoms with E-state index in [-0.39, 0.29) is 17.6 Å². The average molecular weight is 457 g/mol. The summed E-state index contributed by atoms with van der Waals surface area (Å²) in [5.74, 6) is -0.398. The van der Waals surface area contributed by atoms with E-state index < -0.39 is 0 Å². The highest BCUT2D eigenvalue weighted by atomic mass is 19.1. The zero-order chi connectivity index (χ0) is 23.9. The monoisotopic (exact) mass is 456 g/mol.